The van der Waals surface area contributed by atoms with Crippen LogP contribution >= 0.6 is 11.8 Å². The second-order valence-corrected chi connectivity index (χ2v) is 6.86. The van der Waals surface area contributed by atoms with Gasteiger partial charge in [0.05, 0.1) is 7.11 Å². The van der Waals surface area contributed by atoms with Gasteiger partial charge in [0.1, 0.15) is 5.75 Å². The van der Waals surface area contributed by atoms with Crippen LogP contribution in [-0.2, 0) is 4.79 Å². The summed E-state index contributed by atoms with van der Waals surface area (Å²) >= 11 is 1.95. The standard InChI is InChI=1S/C16H21NO2S/c1-19-14-7-5-12(6-8-14)15-11-17(9-10-20-15)16(18)13-3-2-4-13/h5-8,13,15H,2-4,9-11H2,1H3. The first-order valence-corrected chi connectivity index (χ1v) is 8.37. The van der Waals surface area contributed by atoms with Crippen LogP contribution in [0.3, 0.4) is 0 Å². The highest BCUT2D eigenvalue weighted by atomic mass is 32.2. The van der Waals surface area contributed by atoms with Gasteiger partial charge in [0.25, 0.3) is 0 Å². The van der Waals surface area contributed by atoms with E-state index in [4.69, 9.17) is 4.74 Å². The number of amides is 1. The first-order valence-electron chi connectivity index (χ1n) is 7.32. The molecule has 3 nitrogen and oxygen atoms in total. The quantitative estimate of drug-likeness (QED) is 0.857. The lowest BCUT2D eigenvalue weighted by Gasteiger charge is -2.37. The van der Waals surface area contributed by atoms with E-state index in [-0.39, 0.29) is 0 Å². The van der Waals surface area contributed by atoms with E-state index >= 15 is 0 Å². The van der Waals surface area contributed by atoms with E-state index in [2.05, 4.69) is 17.0 Å². The summed E-state index contributed by atoms with van der Waals surface area (Å²) in [5, 5.41) is 0.402. The van der Waals surface area contributed by atoms with Crippen molar-refractivity contribution in [1.82, 2.24) is 4.90 Å². The largest absolute Gasteiger partial charge is 0.497 e. The van der Waals surface area contributed by atoms with Crippen LogP contribution in [0, 0.1) is 5.92 Å². The predicted octanol–water partition coefficient (Wildman–Crippen LogP) is 3.11. The Kier molecular flexibility index (Phi) is 4.20. The Balaban J connectivity index is 1.65. The second kappa shape index (κ2) is 6.08. The molecule has 2 fully saturated rings. The van der Waals surface area contributed by atoms with Crippen molar-refractivity contribution in [3.63, 3.8) is 0 Å². The van der Waals surface area contributed by atoms with Crippen molar-refractivity contribution in [3.8, 4) is 5.75 Å². The number of thioether (sulfide) groups is 1. The number of rotatable bonds is 3. The minimum atomic E-state index is 0.314. The van der Waals surface area contributed by atoms with Crippen molar-refractivity contribution in [1.29, 1.82) is 0 Å². The molecule has 0 aromatic heterocycles. The van der Waals surface area contributed by atoms with Crippen LogP contribution in [0.2, 0.25) is 0 Å². The summed E-state index contributed by atoms with van der Waals surface area (Å²) in [6.07, 6.45) is 3.41. The van der Waals surface area contributed by atoms with Crippen molar-refractivity contribution < 1.29 is 9.53 Å². The normalized spacial score (nSPS) is 23.2. The smallest absolute Gasteiger partial charge is 0.225 e. The van der Waals surface area contributed by atoms with Gasteiger partial charge in [-0.25, -0.2) is 0 Å². The number of ether oxygens (including phenoxy) is 1. The van der Waals surface area contributed by atoms with E-state index in [0.717, 1.165) is 37.4 Å². The maximum absolute atomic E-state index is 12.4. The fourth-order valence-electron chi connectivity index (χ4n) is 2.78. The van der Waals surface area contributed by atoms with Gasteiger partial charge in [0.2, 0.25) is 5.91 Å². The van der Waals surface area contributed by atoms with Gasteiger partial charge in [-0.1, -0.05) is 18.6 Å². The van der Waals surface area contributed by atoms with Gasteiger partial charge in [0.15, 0.2) is 0 Å². The van der Waals surface area contributed by atoms with Gasteiger partial charge in [-0.3, -0.25) is 4.79 Å². The molecule has 108 valence electrons. The Hall–Kier alpha value is -1.16. The third-order valence-corrected chi connectivity index (χ3v) is 5.56. The monoisotopic (exact) mass is 291 g/mol. The first-order chi connectivity index (χ1) is 9.78. The van der Waals surface area contributed by atoms with Gasteiger partial charge >= 0.3 is 0 Å². The highest BCUT2D eigenvalue weighted by Crippen LogP contribution is 2.36. The number of nitrogens with zero attached hydrogens (tertiary/aromatic N) is 1. The third-order valence-electron chi connectivity index (χ3n) is 4.32. The van der Waals surface area contributed by atoms with Crippen LogP contribution in [0.25, 0.3) is 0 Å². The number of carbonyl (C=O) groups is 1. The summed E-state index contributed by atoms with van der Waals surface area (Å²) in [5.74, 6) is 2.62. The summed E-state index contributed by atoms with van der Waals surface area (Å²) in [7, 11) is 1.68. The topological polar surface area (TPSA) is 29.5 Å². The van der Waals surface area contributed by atoms with Crippen molar-refractivity contribution >= 4 is 17.7 Å². The minimum Gasteiger partial charge on any atom is -0.497 e. The maximum atomic E-state index is 12.4. The third kappa shape index (κ3) is 2.80. The fourth-order valence-corrected chi connectivity index (χ4v) is 4.03. The number of hydrogen-bond acceptors (Lipinski definition) is 3. The summed E-state index contributed by atoms with van der Waals surface area (Å²) in [6, 6.07) is 8.24. The molecule has 1 saturated heterocycles. The first kappa shape index (κ1) is 13.8. The molecule has 1 aliphatic carbocycles. The van der Waals surface area contributed by atoms with E-state index in [1.54, 1.807) is 7.11 Å². The molecular weight excluding hydrogens is 270 g/mol. The Morgan fingerprint density at radius 2 is 2.05 bits per heavy atom. The molecule has 0 radical (unpaired) electrons. The lowest BCUT2D eigenvalue weighted by Crippen LogP contribution is -2.44. The molecule has 3 rings (SSSR count). The van der Waals surface area contributed by atoms with Crippen molar-refractivity contribution in [2.24, 2.45) is 5.92 Å². The van der Waals surface area contributed by atoms with E-state index in [1.165, 1.54) is 12.0 Å². The zero-order valence-corrected chi connectivity index (χ0v) is 12.7. The molecule has 1 aliphatic heterocycles. The predicted molar refractivity (Wildman–Crippen MR) is 82.1 cm³/mol. The highest BCUT2D eigenvalue weighted by molar-refractivity contribution is 7.99. The molecule has 20 heavy (non-hydrogen) atoms. The van der Waals surface area contributed by atoms with Crippen molar-refractivity contribution in [2.75, 3.05) is 26.0 Å². The average molecular weight is 291 g/mol. The summed E-state index contributed by atoms with van der Waals surface area (Å²) in [4.78, 5) is 14.4. The Labute approximate surface area is 124 Å². The van der Waals surface area contributed by atoms with Crippen molar-refractivity contribution in [2.45, 2.75) is 24.5 Å². The van der Waals surface area contributed by atoms with Gasteiger partial charge in [-0.05, 0) is 30.5 Å². The van der Waals surface area contributed by atoms with E-state index in [9.17, 15) is 4.79 Å². The molecule has 0 spiro atoms. The van der Waals surface area contributed by atoms with Crippen LogP contribution in [-0.4, -0.2) is 36.8 Å². The SMILES string of the molecule is COc1ccc(C2CN(C(=O)C3CCC3)CCS2)cc1. The number of benzene rings is 1. The highest BCUT2D eigenvalue weighted by Gasteiger charge is 2.32. The molecule has 1 saturated carbocycles. The minimum absolute atomic E-state index is 0.314. The summed E-state index contributed by atoms with van der Waals surface area (Å²) in [6.45, 7) is 1.76. The molecule has 1 amide bonds. The van der Waals surface area contributed by atoms with E-state index in [1.807, 2.05) is 23.9 Å². The molecule has 1 aromatic carbocycles. The zero-order valence-electron chi connectivity index (χ0n) is 11.9. The average Bonchev–Trinajstić information content (AvgIpc) is 2.46. The van der Waals surface area contributed by atoms with Crippen molar-refractivity contribution in [3.05, 3.63) is 29.8 Å². The van der Waals surface area contributed by atoms with Crippen LogP contribution in [0.5, 0.6) is 5.75 Å². The molecule has 0 bridgehead atoms. The number of carbonyl (C=O) groups excluding carboxylic acids is 1. The van der Waals surface area contributed by atoms with Crippen LogP contribution in [0.1, 0.15) is 30.1 Å². The van der Waals surface area contributed by atoms with Gasteiger partial charge < -0.3 is 9.64 Å². The lowest BCUT2D eigenvalue weighted by molar-refractivity contribution is -0.138. The maximum Gasteiger partial charge on any atom is 0.225 e. The fraction of sp³-hybridized carbons (Fsp3) is 0.562. The molecule has 1 atom stereocenters. The molecule has 1 heterocycles. The molecule has 0 N–H and O–H groups in total. The Morgan fingerprint density at radius 1 is 1.30 bits per heavy atom. The van der Waals surface area contributed by atoms with E-state index in [0.29, 0.717) is 17.1 Å². The van der Waals surface area contributed by atoms with Gasteiger partial charge in [0, 0.05) is 30.0 Å². The van der Waals surface area contributed by atoms with Gasteiger partial charge in [-0.2, -0.15) is 11.8 Å². The summed E-state index contributed by atoms with van der Waals surface area (Å²) in [5.41, 5.74) is 1.29. The van der Waals surface area contributed by atoms with E-state index < -0.39 is 0 Å². The Morgan fingerprint density at radius 3 is 2.65 bits per heavy atom. The molecule has 1 unspecified atom stereocenters. The Bertz CT molecular complexity index is 470. The van der Waals surface area contributed by atoms with Crippen LogP contribution in [0.15, 0.2) is 24.3 Å². The lowest BCUT2D eigenvalue weighted by atomic mass is 9.84. The molecule has 2 aliphatic rings. The molecule has 1 aromatic rings. The van der Waals surface area contributed by atoms with Crippen LogP contribution in [0.4, 0.5) is 0 Å². The van der Waals surface area contributed by atoms with Gasteiger partial charge in [-0.15, -0.1) is 0 Å². The van der Waals surface area contributed by atoms with Crippen LogP contribution < -0.4 is 4.74 Å². The molecule has 4 heteroatoms. The molecular formula is C16H21NO2S. The summed E-state index contributed by atoms with van der Waals surface area (Å²) < 4.78 is 5.20. The number of hydrogen-bond donors (Lipinski definition) is 0. The zero-order chi connectivity index (χ0) is 13.9. The number of methoxy groups -OCH3 is 1. The second-order valence-electron chi connectivity index (χ2n) is 5.54.